The van der Waals surface area contributed by atoms with Crippen LogP contribution in [-0.4, -0.2) is 23.7 Å². The monoisotopic (exact) mass is 291 g/mol. The van der Waals surface area contributed by atoms with E-state index in [9.17, 15) is 9.90 Å². The number of carboxylic acids is 1. The molecule has 0 amide bonds. The van der Waals surface area contributed by atoms with Gasteiger partial charge in [0.2, 0.25) is 0 Å². The second-order valence-corrected chi connectivity index (χ2v) is 5.97. The lowest BCUT2D eigenvalue weighted by atomic mass is 9.75. The molecule has 4 nitrogen and oxygen atoms in total. The van der Waals surface area contributed by atoms with Gasteiger partial charge < -0.3 is 15.2 Å². The molecule has 0 bridgehead atoms. The third-order valence-corrected chi connectivity index (χ3v) is 4.54. The molecule has 116 valence electrons. The van der Waals surface area contributed by atoms with Crippen molar-refractivity contribution in [2.45, 2.75) is 51.0 Å². The molecular weight excluding hydrogens is 266 g/mol. The maximum absolute atomic E-state index is 11.8. The summed E-state index contributed by atoms with van der Waals surface area (Å²) >= 11 is 0. The predicted molar refractivity (Wildman–Crippen MR) is 83.8 cm³/mol. The molecule has 1 saturated carbocycles. The molecule has 1 aromatic rings. The van der Waals surface area contributed by atoms with Crippen molar-refractivity contribution < 1.29 is 14.6 Å². The summed E-state index contributed by atoms with van der Waals surface area (Å²) in [6.45, 7) is 2.19. The highest BCUT2D eigenvalue weighted by Crippen LogP contribution is 2.37. The highest BCUT2D eigenvalue weighted by molar-refractivity contribution is 5.83. The van der Waals surface area contributed by atoms with Gasteiger partial charge in [-0.05, 0) is 55.9 Å². The van der Waals surface area contributed by atoms with E-state index >= 15 is 0 Å². The molecule has 0 saturated heterocycles. The Morgan fingerprint density at radius 2 is 1.95 bits per heavy atom. The molecule has 1 aromatic carbocycles. The lowest BCUT2D eigenvalue weighted by Gasteiger charge is -2.38. The molecule has 2 rings (SSSR count). The molecule has 0 atom stereocenters. The van der Waals surface area contributed by atoms with Crippen molar-refractivity contribution in [2.75, 3.05) is 12.4 Å². The van der Waals surface area contributed by atoms with E-state index in [2.05, 4.69) is 12.2 Å². The second kappa shape index (κ2) is 6.83. The Bertz CT molecular complexity index is 461. The summed E-state index contributed by atoms with van der Waals surface area (Å²) in [6.07, 6.45) is 5.75. The quantitative estimate of drug-likeness (QED) is 0.834. The Morgan fingerprint density at radius 1 is 1.33 bits per heavy atom. The standard InChI is InChI=1S/C17H25NO3/c1-3-4-13-9-11-17(12-10-13,16(19)20)18-14-5-7-15(21-2)8-6-14/h5-8,13,18H,3-4,9-12H2,1-2H3,(H,19,20). The van der Waals surface area contributed by atoms with Gasteiger partial charge in [-0.3, -0.25) is 0 Å². The van der Waals surface area contributed by atoms with Crippen molar-refractivity contribution in [3.63, 3.8) is 0 Å². The minimum Gasteiger partial charge on any atom is -0.497 e. The van der Waals surface area contributed by atoms with Gasteiger partial charge in [-0.15, -0.1) is 0 Å². The van der Waals surface area contributed by atoms with Crippen LogP contribution in [0.5, 0.6) is 5.75 Å². The minimum absolute atomic E-state index is 0.681. The summed E-state index contributed by atoms with van der Waals surface area (Å²) in [5.41, 5.74) is 0.0193. The number of benzene rings is 1. The number of carboxylic acid groups (broad SMARTS) is 1. The normalized spacial score (nSPS) is 25.3. The molecule has 0 unspecified atom stereocenters. The van der Waals surface area contributed by atoms with Crippen LogP contribution in [0.1, 0.15) is 45.4 Å². The average molecular weight is 291 g/mol. The summed E-state index contributed by atoms with van der Waals surface area (Å²) in [6, 6.07) is 7.45. The Balaban J connectivity index is 2.07. The molecule has 1 fully saturated rings. The number of carbonyl (C=O) groups is 1. The zero-order valence-electron chi connectivity index (χ0n) is 12.9. The Labute approximate surface area is 126 Å². The van der Waals surface area contributed by atoms with Gasteiger partial charge in [0, 0.05) is 5.69 Å². The average Bonchev–Trinajstić information content (AvgIpc) is 2.50. The van der Waals surface area contributed by atoms with Crippen LogP contribution in [0.4, 0.5) is 5.69 Å². The van der Waals surface area contributed by atoms with E-state index < -0.39 is 11.5 Å². The Morgan fingerprint density at radius 3 is 2.43 bits per heavy atom. The van der Waals surface area contributed by atoms with E-state index in [-0.39, 0.29) is 0 Å². The summed E-state index contributed by atoms with van der Waals surface area (Å²) < 4.78 is 5.13. The number of methoxy groups -OCH3 is 1. The number of hydrogen-bond donors (Lipinski definition) is 2. The van der Waals surface area contributed by atoms with E-state index in [1.807, 2.05) is 24.3 Å². The smallest absolute Gasteiger partial charge is 0.329 e. The third kappa shape index (κ3) is 3.69. The van der Waals surface area contributed by atoms with E-state index in [4.69, 9.17) is 4.74 Å². The highest BCUT2D eigenvalue weighted by atomic mass is 16.5. The number of nitrogens with one attached hydrogen (secondary N) is 1. The molecule has 0 aliphatic heterocycles. The zero-order chi connectivity index (χ0) is 15.3. The first-order valence-corrected chi connectivity index (χ1v) is 7.75. The van der Waals surface area contributed by atoms with Crippen molar-refractivity contribution in [2.24, 2.45) is 5.92 Å². The second-order valence-electron chi connectivity index (χ2n) is 5.97. The number of ether oxygens (including phenoxy) is 1. The van der Waals surface area contributed by atoms with E-state index in [0.29, 0.717) is 18.8 Å². The maximum Gasteiger partial charge on any atom is 0.329 e. The van der Waals surface area contributed by atoms with Gasteiger partial charge in [0.25, 0.3) is 0 Å². The molecule has 0 radical (unpaired) electrons. The van der Waals surface area contributed by atoms with Crippen LogP contribution < -0.4 is 10.1 Å². The maximum atomic E-state index is 11.8. The first kappa shape index (κ1) is 15.7. The molecule has 0 heterocycles. The summed E-state index contributed by atoms with van der Waals surface area (Å²) in [4.78, 5) is 11.8. The van der Waals surface area contributed by atoms with Crippen LogP contribution in [0.25, 0.3) is 0 Å². The summed E-state index contributed by atoms with van der Waals surface area (Å²) in [5.74, 6) is 0.713. The van der Waals surface area contributed by atoms with Crippen molar-refractivity contribution in [3.8, 4) is 5.75 Å². The fraction of sp³-hybridized carbons (Fsp3) is 0.588. The van der Waals surface area contributed by atoms with Crippen molar-refractivity contribution >= 4 is 11.7 Å². The van der Waals surface area contributed by atoms with Gasteiger partial charge in [0.15, 0.2) is 0 Å². The van der Waals surface area contributed by atoms with Gasteiger partial charge in [0.05, 0.1) is 7.11 Å². The number of rotatable bonds is 6. The topological polar surface area (TPSA) is 58.6 Å². The zero-order valence-corrected chi connectivity index (χ0v) is 12.9. The van der Waals surface area contributed by atoms with Crippen LogP contribution >= 0.6 is 0 Å². The lowest BCUT2D eigenvalue weighted by molar-refractivity contribution is -0.143. The van der Waals surface area contributed by atoms with Crippen molar-refractivity contribution in [3.05, 3.63) is 24.3 Å². The SMILES string of the molecule is CCCC1CCC(Nc2ccc(OC)cc2)(C(=O)O)CC1. The molecule has 2 N–H and O–H groups in total. The minimum atomic E-state index is -0.821. The van der Waals surface area contributed by atoms with E-state index in [0.717, 1.165) is 24.3 Å². The predicted octanol–water partition coefficient (Wildman–Crippen LogP) is 3.92. The summed E-state index contributed by atoms with van der Waals surface area (Å²) in [7, 11) is 1.62. The van der Waals surface area contributed by atoms with Crippen LogP contribution in [0, 0.1) is 5.92 Å². The largest absolute Gasteiger partial charge is 0.497 e. The molecule has 0 spiro atoms. The van der Waals surface area contributed by atoms with E-state index in [1.54, 1.807) is 7.11 Å². The highest BCUT2D eigenvalue weighted by Gasteiger charge is 2.41. The summed E-state index contributed by atoms with van der Waals surface area (Å²) in [5, 5.41) is 12.9. The first-order chi connectivity index (χ1) is 10.1. The van der Waals surface area contributed by atoms with Crippen LogP contribution in [-0.2, 0) is 4.79 Å². The third-order valence-electron chi connectivity index (χ3n) is 4.54. The molecule has 4 heteroatoms. The van der Waals surface area contributed by atoms with E-state index in [1.165, 1.54) is 12.8 Å². The fourth-order valence-corrected chi connectivity index (χ4v) is 3.21. The van der Waals surface area contributed by atoms with Gasteiger partial charge in [-0.2, -0.15) is 0 Å². The fourth-order valence-electron chi connectivity index (χ4n) is 3.21. The van der Waals surface area contributed by atoms with Gasteiger partial charge in [-0.25, -0.2) is 4.79 Å². The molecular formula is C17H25NO3. The van der Waals surface area contributed by atoms with Crippen LogP contribution in [0.15, 0.2) is 24.3 Å². The number of aliphatic carboxylic acids is 1. The van der Waals surface area contributed by atoms with Crippen molar-refractivity contribution in [1.82, 2.24) is 0 Å². The van der Waals surface area contributed by atoms with Crippen molar-refractivity contribution in [1.29, 1.82) is 0 Å². The Kier molecular flexibility index (Phi) is 5.10. The first-order valence-electron chi connectivity index (χ1n) is 7.75. The van der Waals surface area contributed by atoms with Crippen LogP contribution in [0.3, 0.4) is 0 Å². The number of hydrogen-bond acceptors (Lipinski definition) is 3. The molecule has 1 aliphatic carbocycles. The van der Waals surface area contributed by atoms with Gasteiger partial charge >= 0.3 is 5.97 Å². The van der Waals surface area contributed by atoms with Gasteiger partial charge in [0.1, 0.15) is 11.3 Å². The number of anilines is 1. The van der Waals surface area contributed by atoms with Gasteiger partial charge in [-0.1, -0.05) is 19.8 Å². The van der Waals surface area contributed by atoms with Crippen LogP contribution in [0.2, 0.25) is 0 Å². The Hall–Kier alpha value is -1.71. The lowest BCUT2D eigenvalue weighted by Crippen LogP contribution is -2.49. The molecule has 21 heavy (non-hydrogen) atoms. The molecule has 0 aromatic heterocycles. The molecule has 1 aliphatic rings.